The molecule has 0 spiro atoms. The van der Waals surface area contributed by atoms with Crippen molar-refractivity contribution in [3.8, 4) is 5.75 Å². The van der Waals surface area contributed by atoms with Crippen LogP contribution in [0.4, 0.5) is 4.39 Å². The summed E-state index contributed by atoms with van der Waals surface area (Å²) in [4.78, 5) is 13.4. The lowest BCUT2D eigenvalue weighted by molar-refractivity contribution is 0.414. The second-order valence-corrected chi connectivity index (χ2v) is 6.33. The van der Waals surface area contributed by atoms with Gasteiger partial charge in [0, 0.05) is 15.2 Å². The number of hydrogen-bond acceptors (Lipinski definition) is 4. The highest BCUT2D eigenvalue weighted by Crippen LogP contribution is 2.38. The quantitative estimate of drug-likeness (QED) is 0.608. The summed E-state index contributed by atoms with van der Waals surface area (Å²) < 4.78 is 24.1. The van der Waals surface area contributed by atoms with E-state index in [0.717, 1.165) is 10.6 Å². The van der Waals surface area contributed by atoms with E-state index in [1.807, 2.05) is 24.3 Å². The summed E-state index contributed by atoms with van der Waals surface area (Å²) in [5.41, 5.74) is -0.138. The zero-order valence-corrected chi connectivity index (χ0v) is 13.8. The Morgan fingerprint density at radius 3 is 2.59 bits per heavy atom. The van der Waals surface area contributed by atoms with Crippen molar-refractivity contribution in [1.82, 2.24) is 0 Å². The number of fused-ring (bicyclic) bond motifs is 1. The first-order valence-electron chi connectivity index (χ1n) is 6.32. The first-order chi connectivity index (χ1) is 10.6. The minimum atomic E-state index is -0.491. The third-order valence-corrected chi connectivity index (χ3v) is 5.17. The average molecular weight is 381 g/mol. The van der Waals surface area contributed by atoms with Gasteiger partial charge in [-0.25, -0.2) is 9.18 Å². The summed E-state index contributed by atoms with van der Waals surface area (Å²) >= 11 is 4.59. The maximum Gasteiger partial charge on any atom is 0.351 e. The topological polar surface area (TPSA) is 39.4 Å². The van der Waals surface area contributed by atoms with Crippen LogP contribution in [0.15, 0.2) is 65.9 Å². The molecule has 2 aromatic carbocycles. The molecule has 112 valence electrons. The normalized spacial score (nSPS) is 10.9. The van der Waals surface area contributed by atoms with Gasteiger partial charge in [-0.1, -0.05) is 11.8 Å². The molecule has 3 aromatic rings. The molecule has 1 heterocycles. The van der Waals surface area contributed by atoms with Gasteiger partial charge in [0.25, 0.3) is 0 Å². The molecule has 0 radical (unpaired) electrons. The molecule has 0 amide bonds. The standard InChI is InChI=1S/C16H10BrFO3S/c1-20-10-3-5-11(6-4-10)22-15-12-8-9(18)2-7-13(12)21-16(19)14(15)17/h2-8H,1H3. The van der Waals surface area contributed by atoms with Crippen molar-refractivity contribution in [3.63, 3.8) is 0 Å². The molecule has 0 saturated heterocycles. The molecule has 3 rings (SSSR count). The van der Waals surface area contributed by atoms with Gasteiger partial charge in [-0.05, 0) is 58.4 Å². The van der Waals surface area contributed by atoms with Crippen molar-refractivity contribution < 1.29 is 13.5 Å². The number of ether oxygens (including phenoxy) is 1. The number of methoxy groups -OCH3 is 1. The highest BCUT2D eigenvalue weighted by molar-refractivity contribution is 9.10. The maximum atomic E-state index is 13.5. The Labute approximate surface area is 138 Å². The molecule has 0 saturated carbocycles. The molecule has 0 unspecified atom stereocenters. The lowest BCUT2D eigenvalue weighted by Crippen LogP contribution is -2.02. The molecule has 0 N–H and O–H groups in total. The van der Waals surface area contributed by atoms with Crippen LogP contribution >= 0.6 is 27.7 Å². The van der Waals surface area contributed by atoms with E-state index in [1.54, 1.807) is 7.11 Å². The molecule has 0 aliphatic rings. The van der Waals surface area contributed by atoms with Crippen molar-refractivity contribution in [3.05, 3.63) is 63.2 Å². The number of halogens is 2. The minimum Gasteiger partial charge on any atom is -0.497 e. The smallest absolute Gasteiger partial charge is 0.351 e. The SMILES string of the molecule is COc1ccc(Sc2c(Br)c(=O)oc3ccc(F)cc23)cc1. The molecule has 0 bridgehead atoms. The third kappa shape index (κ3) is 2.89. The van der Waals surface area contributed by atoms with E-state index in [1.165, 1.54) is 30.0 Å². The Hall–Kier alpha value is -1.79. The molecule has 0 aliphatic heterocycles. The molecule has 0 atom stereocenters. The van der Waals surface area contributed by atoms with E-state index in [9.17, 15) is 9.18 Å². The molecule has 3 nitrogen and oxygen atoms in total. The van der Waals surface area contributed by atoms with E-state index >= 15 is 0 Å². The van der Waals surface area contributed by atoms with Crippen LogP contribution < -0.4 is 10.4 Å². The van der Waals surface area contributed by atoms with Crippen LogP contribution in [0, 0.1) is 5.82 Å². The van der Waals surface area contributed by atoms with E-state index in [4.69, 9.17) is 9.15 Å². The second kappa shape index (κ2) is 6.14. The van der Waals surface area contributed by atoms with Gasteiger partial charge in [0.05, 0.1) is 7.11 Å². The Morgan fingerprint density at radius 2 is 1.91 bits per heavy atom. The van der Waals surface area contributed by atoms with Gasteiger partial charge in [-0.3, -0.25) is 0 Å². The Bertz CT molecular complexity index is 890. The van der Waals surface area contributed by atoms with Crippen molar-refractivity contribution in [2.45, 2.75) is 9.79 Å². The highest BCUT2D eigenvalue weighted by atomic mass is 79.9. The third-order valence-electron chi connectivity index (χ3n) is 3.05. The van der Waals surface area contributed by atoms with Gasteiger partial charge in [-0.15, -0.1) is 0 Å². The summed E-state index contributed by atoms with van der Waals surface area (Å²) in [6, 6.07) is 11.5. The van der Waals surface area contributed by atoms with Gasteiger partial charge in [0.1, 0.15) is 21.6 Å². The summed E-state index contributed by atoms with van der Waals surface area (Å²) in [7, 11) is 1.59. The van der Waals surface area contributed by atoms with Crippen molar-refractivity contribution >= 4 is 38.7 Å². The first kappa shape index (κ1) is 15.1. The van der Waals surface area contributed by atoms with Crippen molar-refractivity contribution in [1.29, 1.82) is 0 Å². The van der Waals surface area contributed by atoms with E-state index in [2.05, 4.69) is 15.9 Å². The van der Waals surface area contributed by atoms with Gasteiger partial charge in [0.2, 0.25) is 0 Å². The fraction of sp³-hybridized carbons (Fsp3) is 0.0625. The lowest BCUT2D eigenvalue weighted by Gasteiger charge is -2.08. The van der Waals surface area contributed by atoms with Crippen LogP contribution in [-0.4, -0.2) is 7.11 Å². The van der Waals surface area contributed by atoms with E-state index in [0.29, 0.717) is 15.9 Å². The second-order valence-electron chi connectivity index (χ2n) is 4.45. The van der Waals surface area contributed by atoms with Gasteiger partial charge in [0.15, 0.2) is 0 Å². The Balaban J connectivity index is 2.13. The molecular weight excluding hydrogens is 371 g/mol. The number of rotatable bonds is 3. The number of benzene rings is 2. The molecule has 0 aliphatic carbocycles. The van der Waals surface area contributed by atoms with Crippen LogP contribution in [0.1, 0.15) is 0 Å². The molecule has 6 heteroatoms. The van der Waals surface area contributed by atoms with E-state index < -0.39 is 5.63 Å². The summed E-state index contributed by atoms with van der Waals surface area (Å²) in [5.74, 6) is 0.358. The van der Waals surface area contributed by atoms with Crippen LogP contribution in [0.2, 0.25) is 0 Å². The first-order valence-corrected chi connectivity index (χ1v) is 7.93. The zero-order chi connectivity index (χ0) is 15.7. The Kier molecular flexibility index (Phi) is 4.22. The van der Waals surface area contributed by atoms with Crippen LogP contribution in [0.3, 0.4) is 0 Å². The van der Waals surface area contributed by atoms with Gasteiger partial charge in [-0.2, -0.15) is 0 Å². The molecule has 0 fully saturated rings. The summed E-state index contributed by atoms with van der Waals surface area (Å²) in [6.07, 6.45) is 0. The fourth-order valence-corrected chi connectivity index (χ4v) is 3.47. The minimum absolute atomic E-state index is 0.284. The molecule has 22 heavy (non-hydrogen) atoms. The predicted octanol–water partition coefficient (Wildman–Crippen LogP) is 4.85. The van der Waals surface area contributed by atoms with Crippen molar-refractivity contribution in [2.24, 2.45) is 0 Å². The van der Waals surface area contributed by atoms with Crippen molar-refractivity contribution in [2.75, 3.05) is 7.11 Å². The Morgan fingerprint density at radius 1 is 1.18 bits per heavy atom. The average Bonchev–Trinajstić information content (AvgIpc) is 2.53. The largest absolute Gasteiger partial charge is 0.497 e. The maximum absolute atomic E-state index is 13.5. The van der Waals surface area contributed by atoms with E-state index in [-0.39, 0.29) is 10.3 Å². The van der Waals surface area contributed by atoms with Crippen LogP contribution in [-0.2, 0) is 0 Å². The monoisotopic (exact) mass is 380 g/mol. The molecule has 1 aromatic heterocycles. The number of hydrogen-bond donors (Lipinski definition) is 0. The summed E-state index contributed by atoms with van der Waals surface area (Å²) in [5, 5.41) is 0.548. The fourth-order valence-electron chi connectivity index (χ4n) is 1.99. The predicted molar refractivity (Wildman–Crippen MR) is 87.3 cm³/mol. The van der Waals surface area contributed by atoms with Gasteiger partial charge < -0.3 is 9.15 Å². The van der Waals surface area contributed by atoms with Crippen LogP contribution in [0.25, 0.3) is 11.0 Å². The highest BCUT2D eigenvalue weighted by Gasteiger charge is 2.14. The summed E-state index contributed by atoms with van der Waals surface area (Å²) in [6.45, 7) is 0. The molecular formula is C16H10BrFO3S. The zero-order valence-electron chi connectivity index (χ0n) is 11.4. The lowest BCUT2D eigenvalue weighted by atomic mass is 10.2. The van der Waals surface area contributed by atoms with Gasteiger partial charge >= 0.3 is 5.63 Å². The van der Waals surface area contributed by atoms with Crippen LogP contribution in [0.5, 0.6) is 5.75 Å².